The van der Waals surface area contributed by atoms with E-state index in [1.54, 1.807) is 0 Å². The van der Waals surface area contributed by atoms with E-state index in [0.717, 1.165) is 37.4 Å². The van der Waals surface area contributed by atoms with E-state index < -0.39 is 0 Å². The van der Waals surface area contributed by atoms with Gasteiger partial charge in [0, 0.05) is 12.8 Å². The van der Waals surface area contributed by atoms with Crippen molar-refractivity contribution in [3.8, 4) is 5.75 Å². The lowest BCUT2D eigenvalue weighted by Crippen LogP contribution is -2.25. The third-order valence-electron chi connectivity index (χ3n) is 2.70. The number of ether oxygens (including phenoxy) is 2. The van der Waals surface area contributed by atoms with E-state index in [0.29, 0.717) is 6.54 Å². The van der Waals surface area contributed by atoms with Gasteiger partial charge in [-0.3, -0.25) is 0 Å². The molecule has 90 valence electrons. The number of carbonyl (C=O) groups excluding carboxylic acids is 1. The van der Waals surface area contributed by atoms with E-state index in [1.165, 1.54) is 6.08 Å². The van der Waals surface area contributed by atoms with E-state index in [4.69, 9.17) is 9.47 Å². The van der Waals surface area contributed by atoms with Crippen LogP contribution in [0.1, 0.15) is 18.4 Å². The molecule has 0 atom stereocenters. The van der Waals surface area contributed by atoms with Crippen LogP contribution in [0.4, 0.5) is 0 Å². The van der Waals surface area contributed by atoms with Crippen LogP contribution in [0.25, 0.3) is 0 Å². The Bertz CT molecular complexity index is 407. The minimum Gasteiger partial charge on any atom is -0.490 e. The number of hydrogen-bond donors (Lipinski definition) is 0. The third-order valence-corrected chi connectivity index (χ3v) is 2.70. The van der Waals surface area contributed by atoms with Crippen LogP contribution in [-0.2, 0) is 16.1 Å². The highest BCUT2D eigenvalue weighted by Crippen LogP contribution is 2.19. The first-order valence-corrected chi connectivity index (χ1v) is 5.75. The molecule has 1 aromatic carbocycles. The number of isocyanates is 1. The lowest BCUT2D eigenvalue weighted by atomic mass is 10.1. The predicted octanol–water partition coefficient (Wildman–Crippen LogP) is 2.08. The second-order valence-electron chi connectivity index (χ2n) is 3.98. The summed E-state index contributed by atoms with van der Waals surface area (Å²) in [4.78, 5) is 13.6. The predicted molar refractivity (Wildman–Crippen MR) is 62.7 cm³/mol. The molecular formula is C13H15NO3. The molecule has 1 heterocycles. The fraction of sp³-hybridized carbons (Fsp3) is 0.462. The van der Waals surface area contributed by atoms with Crippen LogP contribution < -0.4 is 4.74 Å². The van der Waals surface area contributed by atoms with Gasteiger partial charge in [-0.1, -0.05) is 12.1 Å². The summed E-state index contributed by atoms with van der Waals surface area (Å²) in [6.45, 7) is 1.88. The first kappa shape index (κ1) is 11.8. The van der Waals surface area contributed by atoms with Gasteiger partial charge in [0.2, 0.25) is 6.08 Å². The molecule has 0 radical (unpaired) electrons. The van der Waals surface area contributed by atoms with Gasteiger partial charge < -0.3 is 9.47 Å². The molecule has 0 aliphatic carbocycles. The van der Waals surface area contributed by atoms with Gasteiger partial charge in [-0.25, -0.2) is 9.79 Å². The molecule has 0 spiro atoms. The summed E-state index contributed by atoms with van der Waals surface area (Å²) in [5, 5.41) is 0. The first-order valence-electron chi connectivity index (χ1n) is 5.75. The molecule has 0 unspecified atom stereocenters. The highest BCUT2D eigenvalue weighted by atomic mass is 16.5. The Kier molecular flexibility index (Phi) is 4.30. The average Bonchev–Trinajstić information content (AvgIpc) is 2.38. The number of benzene rings is 1. The van der Waals surface area contributed by atoms with Crippen LogP contribution in [0.5, 0.6) is 5.75 Å². The van der Waals surface area contributed by atoms with Gasteiger partial charge >= 0.3 is 0 Å². The zero-order chi connectivity index (χ0) is 11.9. The minimum atomic E-state index is 0.230. The molecule has 1 aliphatic rings. The summed E-state index contributed by atoms with van der Waals surface area (Å²) in [6.07, 6.45) is 3.62. The number of aliphatic imine (C=N–C) groups is 1. The molecular weight excluding hydrogens is 218 g/mol. The summed E-state index contributed by atoms with van der Waals surface area (Å²) in [7, 11) is 0. The molecule has 0 bridgehead atoms. The van der Waals surface area contributed by atoms with Crippen LogP contribution in [0.15, 0.2) is 29.3 Å². The summed E-state index contributed by atoms with van der Waals surface area (Å²) in [5.41, 5.74) is 0.956. The quantitative estimate of drug-likeness (QED) is 0.591. The second kappa shape index (κ2) is 6.18. The molecule has 17 heavy (non-hydrogen) atoms. The van der Waals surface area contributed by atoms with Crippen molar-refractivity contribution in [3.63, 3.8) is 0 Å². The topological polar surface area (TPSA) is 47.9 Å². The van der Waals surface area contributed by atoms with E-state index in [2.05, 4.69) is 4.99 Å². The van der Waals surface area contributed by atoms with Gasteiger partial charge in [0.1, 0.15) is 11.9 Å². The second-order valence-corrected chi connectivity index (χ2v) is 3.98. The normalized spacial score (nSPS) is 16.2. The lowest BCUT2D eigenvalue weighted by Gasteiger charge is -2.23. The van der Waals surface area contributed by atoms with Crippen molar-refractivity contribution in [1.82, 2.24) is 0 Å². The lowest BCUT2D eigenvalue weighted by molar-refractivity contribution is 0.0255. The fourth-order valence-electron chi connectivity index (χ4n) is 1.83. The Morgan fingerprint density at radius 2 is 2.24 bits per heavy atom. The zero-order valence-corrected chi connectivity index (χ0v) is 9.59. The molecule has 4 heteroatoms. The van der Waals surface area contributed by atoms with Gasteiger partial charge in [0.05, 0.1) is 19.8 Å². The molecule has 0 amide bonds. The van der Waals surface area contributed by atoms with Crippen LogP contribution in [0, 0.1) is 0 Å². The summed E-state index contributed by atoms with van der Waals surface area (Å²) >= 11 is 0. The van der Waals surface area contributed by atoms with Crippen molar-refractivity contribution in [2.75, 3.05) is 13.2 Å². The van der Waals surface area contributed by atoms with Crippen LogP contribution in [0.2, 0.25) is 0 Å². The Morgan fingerprint density at radius 1 is 1.41 bits per heavy atom. The van der Waals surface area contributed by atoms with Crippen molar-refractivity contribution in [2.24, 2.45) is 4.99 Å². The van der Waals surface area contributed by atoms with Crippen molar-refractivity contribution in [2.45, 2.75) is 25.5 Å². The van der Waals surface area contributed by atoms with Crippen LogP contribution >= 0.6 is 0 Å². The molecule has 0 N–H and O–H groups in total. The molecule has 1 aromatic rings. The molecule has 1 saturated heterocycles. The number of hydrogen-bond acceptors (Lipinski definition) is 4. The maximum absolute atomic E-state index is 10.0. The monoisotopic (exact) mass is 233 g/mol. The standard InChI is InChI=1S/C13H15NO3/c15-10-14-9-11-2-1-3-13(8-11)17-12-4-6-16-7-5-12/h1-3,8,12H,4-7,9H2. The van der Waals surface area contributed by atoms with Crippen LogP contribution in [-0.4, -0.2) is 25.4 Å². The van der Waals surface area contributed by atoms with Gasteiger partial charge in [0.25, 0.3) is 0 Å². The minimum absolute atomic E-state index is 0.230. The van der Waals surface area contributed by atoms with Gasteiger partial charge in [-0.2, -0.15) is 0 Å². The van der Waals surface area contributed by atoms with Crippen LogP contribution in [0.3, 0.4) is 0 Å². The van der Waals surface area contributed by atoms with Crippen molar-refractivity contribution < 1.29 is 14.3 Å². The molecule has 0 aromatic heterocycles. The maximum atomic E-state index is 10.0. The van der Waals surface area contributed by atoms with Gasteiger partial charge in [-0.05, 0) is 17.7 Å². The summed E-state index contributed by atoms with van der Waals surface area (Å²) in [5.74, 6) is 0.829. The first-order chi connectivity index (χ1) is 8.38. The van der Waals surface area contributed by atoms with E-state index in [9.17, 15) is 4.79 Å². The zero-order valence-electron chi connectivity index (χ0n) is 9.59. The highest BCUT2D eigenvalue weighted by Gasteiger charge is 2.15. The van der Waals surface area contributed by atoms with Crippen molar-refractivity contribution >= 4 is 6.08 Å². The van der Waals surface area contributed by atoms with Crippen molar-refractivity contribution in [1.29, 1.82) is 0 Å². The van der Waals surface area contributed by atoms with E-state index in [1.807, 2.05) is 24.3 Å². The molecule has 2 rings (SSSR count). The molecule has 0 saturated carbocycles. The van der Waals surface area contributed by atoms with Crippen molar-refractivity contribution in [3.05, 3.63) is 29.8 Å². The Morgan fingerprint density at radius 3 is 3.00 bits per heavy atom. The van der Waals surface area contributed by atoms with Gasteiger partial charge in [-0.15, -0.1) is 0 Å². The average molecular weight is 233 g/mol. The Hall–Kier alpha value is -1.64. The SMILES string of the molecule is O=C=NCc1cccc(OC2CCOCC2)c1. The largest absolute Gasteiger partial charge is 0.490 e. The summed E-state index contributed by atoms with van der Waals surface area (Å²) in [6, 6.07) is 7.65. The Labute approximate surface area is 100 Å². The smallest absolute Gasteiger partial charge is 0.235 e. The molecule has 1 aliphatic heterocycles. The number of rotatable bonds is 4. The fourth-order valence-corrected chi connectivity index (χ4v) is 1.83. The number of nitrogens with zero attached hydrogens (tertiary/aromatic N) is 1. The van der Waals surface area contributed by atoms with E-state index >= 15 is 0 Å². The molecule has 4 nitrogen and oxygen atoms in total. The molecule has 1 fully saturated rings. The highest BCUT2D eigenvalue weighted by molar-refractivity contribution is 5.35. The maximum Gasteiger partial charge on any atom is 0.235 e. The summed E-state index contributed by atoms with van der Waals surface area (Å²) < 4.78 is 11.1. The van der Waals surface area contributed by atoms with E-state index in [-0.39, 0.29) is 6.10 Å². The Balaban J connectivity index is 1.97. The van der Waals surface area contributed by atoms with Gasteiger partial charge in [0.15, 0.2) is 0 Å². The third kappa shape index (κ3) is 3.70.